The minimum Gasteiger partial charge on any atom is -0.507 e. The Labute approximate surface area is 266 Å². The molecule has 0 bridgehead atoms. The highest BCUT2D eigenvalue weighted by molar-refractivity contribution is 6.13. The number of phenols is 2. The monoisotopic (exact) mass is 592 g/mol. The van der Waals surface area contributed by atoms with E-state index in [-0.39, 0.29) is 11.5 Å². The Balaban J connectivity index is 1.40. The first-order chi connectivity index (χ1) is 22.7. The number of hydrogen-bond acceptors (Lipinski definition) is 4. The van der Waals surface area contributed by atoms with E-state index in [0.29, 0.717) is 33.6 Å². The summed E-state index contributed by atoms with van der Waals surface area (Å²) < 4.78 is 0. The number of aromatic nitrogens is 2. The summed E-state index contributed by atoms with van der Waals surface area (Å²) in [5.41, 5.74) is 7.17. The van der Waals surface area contributed by atoms with Crippen molar-refractivity contribution in [2.75, 3.05) is 0 Å². The molecule has 2 N–H and O–H groups in total. The van der Waals surface area contributed by atoms with Gasteiger partial charge in [0.15, 0.2) is 0 Å². The molecule has 6 aromatic carbocycles. The zero-order valence-electron chi connectivity index (χ0n) is 24.8. The first-order valence-corrected chi connectivity index (χ1v) is 15.2. The molecule has 0 aliphatic heterocycles. The minimum atomic E-state index is 0.0556. The van der Waals surface area contributed by atoms with Gasteiger partial charge in [-0.3, -0.25) is 0 Å². The maximum atomic E-state index is 12.2. The van der Waals surface area contributed by atoms with Crippen LogP contribution < -0.4 is 0 Å². The van der Waals surface area contributed by atoms with Crippen molar-refractivity contribution < 1.29 is 10.2 Å². The second kappa shape index (κ2) is 11.3. The van der Waals surface area contributed by atoms with Gasteiger partial charge in [0.05, 0.1) is 22.8 Å². The lowest BCUT2D eigenvalue weighted by Crippen LogP contribution is -1.94. The Morgan fingerprint density at radius 3 is 1.15 bits per heavy atom. The predicted octanol–water partition coefficient (Wildman–Crippen LogP) is 10.5. The zero-order valence-corrected chi connectivity index (χ0v) is 24.8. The molecule has 0 radical (unpaired) electrons. The predicted molar refractivity (Wildman–Crippen MR) is 188 cm³/mol. The molecule has 0 spiro atoms. The molecular weight excluding hydrogens is 564 g/mol. The van der Waals surface area contributed by atoms with Crippen LogP contribution in [0.4, 0.5) is 0 Å². The smallest absolute Gasteiger partial charge is 0.133 e. The number of rotatable bonds is 5. The van der Waals surface area contributed by atoms with Crippen LogP contribution in [-0.2, 0) is 0 Å². The number of aromatic hydroxyl groups is 2. The molecule has 0 aliphatic carbocycles. The fourth-order valence-corrected chi connectivity index (χ4v) is 6.28. The van der Waals surface area contributed by atoms with Crippen LogP contribution in [-0.4, -0.2) is 20.2 Å². The van der Waals surface area contributed by atoms with Crippen LogP contribution in [0.5, 0.6) is 11.5 Å². The molecule has 0 saturated heterocycles. The molecule has 218 valence electrons. The first-order valence-electron chi connectivity index (χ1n) is 15.2. The van der Waals surface area contributed by atoms with Crippen LogP contribution in [0.2, 0.25) is 0 Å². The lowest BCUT2D eigenvalue weighted by atomic mass is 9.87. The third-order valence-electron chi connectivity index (χ3n) is 8.48. The van der Waals surface area contributed by atoms with Crippen LogP contribution in [0.1, 0.15) is 0 Å². The molecule has 0 fully saturated rings. The van der Waals surface area contributed by atoms with E-state index in [4.69, 9.17) is 9.97 Å². The average molecular weight is 593 g/mol. The van der Waals surface area contributed by atoms with Crippen LogP contribution in [0.3, 0.4) is 0 Å². The van der Waals surface area contributed by atoms with E-state index in [1.165, 1.54) is 0 Å². The number of nitrogens with zero attached hydrogens (tertiary/aromatic N) is 2. The lowest BCUT2D eigenvalue weighted by Gasteiger charge is -2.19. The summed E-state index contributed by atoms with van der Waals surface area (Å²) in [7, 11) is 0. The third kappa shape index (κ3) is 4.73. The van der Waals surface area contributed by atoms with Gasteiger partial charge >= 0.3 is 0 Å². The van der Waals surface area contributed by atoms with Gasteiger partial charge in [-0.2, -0.15) is 0 Å². The molecule has 2 heterocycles. The second-order valence-corrected chi connectivity index (χ2v) is 11.3. The molecule has 0 amide bonds. The summed E-state index contributed by atoms with van der Waals surface area (Å²) in [5.74, 6) is 0.111. The molecule has 46 heavy (non-hydrogen) atoms. The van der Waals surface area contributed by atoms with Crippen molar-refractivity contribution in [3.63, 3.8) is 0 Å². The molecule has 2 aromatic heterocycles. The van der Waals surface area contributed by atoms with Gasteiger partial charge in [0, 0.05) is 33.4 Å². The molecule has 0 saturated carbocycles. The van der Waals surface area contributed by atoms with Crippen molar-refractivity contribution in [3.05, 3.63) is 158 Å². The van der Waals surface area contributed by atoms with E-state index in [9.17, 15) is 10.2 Å². The molecule has 4 nitrogen and oxygen atoms in total. The van der Waals surface area contributed by atoms with Crippen molar-refractivity contribution in [3.8, 4) is 67.7 Å². The molecule has 0 unspecified atom stereocenters. The van der Waals surface area contributed by atoms with E-state index in [2.05, 4.69) is 0 Å². The third-order valence-corrected chi connectivity index (χ3v) is 8.48. The largest absolute Gasteiger partial charge is 0.507 e. The Hall–Kier alpha value is -6.26. The molecule has 8 aromatic rings. The first kappa shape index (κ1) is 27.3. The Kier molecular flexibility index (Phi) is 6.73. The fraction of sp³-hybridized carbons (Fsp3) is 0. The van der Waals surface area contributed by atoms with Crippen LogP contribution in [0.15, 0.2) is 158 Å². The fourth-order valence-electron chi connectivity index (χ4n) is 6.28. The summed E-state index contributed by atoms with van der Waals surface area (Å²) in [6, 6.07) is 51.5. The van der Waals surface area contributed by atoms with Gasteiger partial charge in [-0.25, -0.2) is 9.97 Å². The highest BCUT2D eigenvalue weighted by atomic mass is 16.3. The highest BCUT2D eigenvalue weighted by Gasteiger charge is 2.24. The Morgan fingerprint density at radius 2 is 0.717 bits per heavy atom. The van der Waals surface area contributed by atoms with E-state index >= 15 is 0 Å². The SMILES string of the molecule is Oc1c(-c2cccc(-c3ccccc3)n2)cc2ccccc2c1-c1c(O)c(-c2cccc(-c3ccccc3)n2)cc2ccccc12. The van der Waals surface area contributed by atoms with Crippen molar-refractivity contribution in [1.29, 1.82) is 0 Å². The van der Waals surface area contributed by atoms with Crippen LogP contribution >= 0.6 is 0 Å². The van der Waals surface area contributed by atoms with E-state index in [1.54, 1.807) is 0 Å². The average Bonchev–Trinajstić information content (AvgIpc) is 3.12. The standard InChI is InChI=1S/C42H28N2O2/c45-41-33(37-23-11-21-35(43-37)27-13-3-1-4-14-27)25-29-17-7-9-19-31(29)39(41)40-32-20-10-8-18-30(32)26-34(42(40)46)38-24-12-22-36(44-38)28-15-5-2-6-16-28/h1-26,45-46H. The van der Waals surface area contributed by atoms with Crippen molar-refractivity contribution in [2.45, 2.75) is 0 Å². The molecule has 0 aliphatic rings. The minimum absolute atomic E-state index is 0.0556. The van der Waals surface area contributed by atoms with E-state index < -0.39 is 0 Å². The van der Waals surface area contributed by atoms with Gasteiger partial charge in [-0.1, -0.05) is 121 Å². The Morgan fingerprint density at radius 1 is 0.348 bits per heavy atom. The lowest BCUT2D eigenvalue weighted by molar-refractivity contribution is 0.472. The summed E-state index contributed by atoms with van der Waals surface area (Å²) in [6.45, 7) is 0. The van der Waals surface area contributed by atoms with Gasteiger partial charge < -0.3 is 10.2 Å². The van der Waals surface area contributed by atoms with Gasteiger partial charge in [0.2, 0.25) is 0 Å². The van der Waals surface area contributed by atoms with Gasteiger partial charge in [-0.15, -0.1) is 0 Å². The van der Waals surface area contributed by atoms with Crippen LogP contribution in [0.25, 0.3) is 77.7 Å². The van der Waals surface area contributed by atoms with Crippen molar-refractivity contribution >= 4 is 21.5 Å². The van der Waals surface area contributed by atoms with E-state index in [1.807, 2.05) is 158 Å². The molecular formula is C42H28N2O2. The quantitative estimate of drug-likeness (QED) is 0.209. The van der Waals surface area contributed by atoms with Crippen LogP contribution in [0, 0.1) is 0 Å². The summed E-state index contributed by atoms with van der Waals surface area (Å²) in [4.78, 5) is 9.94. The maximum Gasteiger partial charge on any atom is 0.133 e. The van der Waals surface area contributed by atoms with Gasteiger partial charge in [0.1, 0.15) is 11.5 Å². The van der Waals surface area contributed by atoms with Crippen molar-refractivity contribution in [1.82, 2.24) is 9.97 Å². The number of pyridine rings is 2. The molecule has 0 atom stereocenters. The maximum absolute atomic E-state index is 12.2. The number of fused-ring (bicyclic) bond motifs is 2. The topological polar surface area (TPSA) is 66.2 Å². The summed E-state index contributed by atoms with van der Waals surface area (Å²) in [6.07, 6.45) is 0. The number of phenolic OH excluding ortho intramolecular Hbond substituents is 2. The van der Waals surface area contributed by atoms with E-state index in [0.717, 1.165) is 44.1 Å². The number of hydrogen-bond donors (Lipinski definition) is 2. The summed E-state index contributed by atoms with van der Waals surface area (Å²) >= 11 is 0. The molecule has 8 rings (SSSR count). The van der Waals surface area contributed by atoms with Crippen molar-refractivity contribution in [2.24, 2.45) is 0 Å². The second-order valence-electron chi connectivity index (χ2n) is 11.3. The van der Waals surface area contributed by atoms with Gasteiger partial charge in [0.25, 0.3) is 0 Å². The number of benzene rings is 6. The zero-order chi connectivity index (χ0) is 31.0. The Bertz CT molecular complexity index is 2210. The van der Waals surface area contributed by atoms with Gasteiger partial charge in [-0.05, 0) is 57.9 Å². The summed E-state index contributed by atoms with van der Waals surface area (Å²) in [5, 5.41) is 28.0. The molecule has 4 heteroatoms. The highest BCUT2D eigenvalue weighted by Crippen LogP contribution is 2.51. The normalized spacial score (nSPS) is 11.2.